The lowest BCUT2D eigenvalue weighted by Gasteiger charge is -2.11. The van der Waals surface area contributed by atoms with Crippen molar-refractivity contribution in [3.05, 3.63) is 23.5 Å². The maximum Gasteiger partial charge on any atom is 0.0674 e. The molecule has 0 aliphatic rings. The van der Waals surface area contributed by atoms with E-state index in [9.17, 15) is 0 Å². The van der Waals surface area contributed by atoms with Crippen LogP contribution in [0.5, 0.6) is 0 Å². The zero-order chi connectivity index (χ0) is 9.14. The van der Waals surface area contributed by atoms with Crippen LogP contribution in [0.4, 0.5) is 0 Å². The first-order valence-corrected chi connectivity index (χ1v) is 4.49. The van der Waals surface area contributed by atoms with Gasteiger partial charge in [0.25, 0.3) is 0 Å². The number of rotatable bonds is 2. The molecule has 0 bridgehead atoms. The fraction of sp³-hybridized carbons (Fsp3) is 0.556. The Morgan fingerprint density at radius 2 is 1.92 bits per heavy atom. The normalized spacial score (nSPS) is 15.7. The molecule has 0 saturated heterocycles. The summed E-state index contributed by atoms with van der Waals surface area (Å²) in [6.07, 6.45) is 0. The van der Waals surface area contributed by atoms with Crippen molar-refractivity contribution in [2.75, 3.05) is 0 Å². The summed E-state index contributed by atoms with van der Waals surface area (Å²) in [7, 11) is 0. The van der Waals surface area contributed by atoms with Crippen molar-refractivity contribution in [2.24, 2.45) is 0 Å². The highest BCUT2D eigenvalue weighted by atomic mass is 35.5. The minimum absolute atomic E-state index is 0.0991. The molecule has 1 aromatic heterocycles. The van der Waals surface area contributed by atoms with Gasteiger partial charge in [-0.05, 0) is 26.0 Å². The molecule has 0 aromatic carbocycles. The molecule has 0 N–H and O–H groups in total. The summed E-state index contributed by atoms with van der Waals surface area (Å²) in [6, 6.07) is 3.93. The predicted octanol–water partition coefficient (Wildman–Crippen LogP) is 2.52. The second kappa shape index (κ2) is 3.85. The standard InChI is InChI=1S/C9H13ClN2/c1-6-4-5-9(12-11-6)7(2)8(3)10/h4-5,7-8H,1-3H3. The van der Waals surface area contributed by atoms with Gasteiger partial charge in [0, 0.05) is 11.3 Å². The Morgan fingerprint density at radius 3 is 2.33 bits per heavy atom. The van der Waals surface area contributed by atoms with Crippen molar-refractivity contribution in [2.45, 2.75) is 32.1 Å². The van der Waals surface area contributed by atoms with E-state index >= 15 is 0 Å². The highest BCUT2D eigenvalue weighted by Gasteiger charge is 2.12. The molecular weight excluding hydrogens is 172 g/mol. The Kier molecular flexibility index (Phi) is 3.04. The molecule has 0 amide bonds. The molecule has 1 aromatic rings. The van der Waals surface area contributed by atoms with Gasteiger partial charge >= 0.3 is 0 Å². The lowest BCUT2D eigenvalue weighted by atomic mass is 10.0. The third-order valence-corrected chi connectivity index (χ3v) is 2.35. The molecule has 0 aliphatic carbocycles. The molecular formula is C9H13ClN2. The molecule has 0 spiro atoms. The van der Waals surface area contributed by atoms with Gasteiger partial charge < -0.3 is 0 Å². The van der Waals surface area contributed by atoms with Crippen LogP contribution in [0.1, 0.15) is 31.2 Å². The largest absolute Gasteiger partial charge is 0.156 e. The molecule has 2 nitrogen and oxygen atoms in total. The zero-order valence-corrected chi connectivity index (χ0v) is 8.34. The van der Waals surface area contributed by atoms with Gasteiger partial charge in [-0.15, -0.1) is 11.6 Å². The number of halogens is 1. The van der Waals surface area contributed by atoms with Gasteiger partial charge in [0.1, 0.15) is 0 Å². The average Bonchev–Trinajstić information content (AvgIpc) is 2.04. The van der Waals surface area contributed by atoms with Gasteiger partial charge in [-0.2, -0.15) is 10.2 Å². The van der Waals surface area contributed by atoms with Crippen LogP contribution < -0.4 is 0 Å². The van der Waals surface area contributed by atoms with E-state index in [0.717, 1.165) is 11.4 Å². The Bertz CT molecular complexity index is 243. The van der Waals surface area contributed by atoms with E-state index < -0.39 is 0 Å². The summed E-state index contributed by atoms with van der Waals surface area (Å²) in [6.45, 7) is 5.94. The highest BCUT2D eigenvalue weighted by molar-refractivity contribution is 6.20. The van der Waals surface area contributed by atoms with Crippen LogP contribution in [0.25, 0.3) is 0 Å². The molecule has 0 aliphatic heterocycles. The number of aromatic nitrogens is 2. The molecule has 3 heteroatoms. The van der Waals surface area contributed by atoms with Gasteiger partial charge in [-0.25, -0.2) is 0 Å². The number of alkyl halides is 1. The van der Waals surface area contributed by atoms with Crippen molar-refractivity contribution in [1.82, 2.24) is 10.2 Å². The van der Waals surface area contributed by atoms with Gasteiger partial charge in [0.15, 0.2) is 0 Å². The van der Waals surface area contributed by atoms with Gasteiger partial charge in [-0.1, -0.05) is 6.92 Å². The summed E-state index contributed by atoms with van der Waals surface area (Å²) < 4.78 is 0. The van der Waals surface area contributed by atoms with Crippen LogP contribution in [0.15, 0.2) is 12.1 Å². The maximum absolute atomic E-state index is 5.93. The van der Waals surface area contributed by atoms with E-state index in [4.69, 9.17) is 11.6 Å². The van der Waals surface area contributed by atoms with Gasteiger partial charge in [0.05, 0.1) is 11.4 Å². The van der Waals surface area contributed by atoms with E-state index in [2.05, 4.69) is 17.1 Å². The molecule has 1 rings (SSSR count). The van der Waals surface area contributed by atoms with E-state index in [-0.39, 0.29) is 11.3 Å². The second-order valence-electron chi connectivity index (χ2n) is 3.07. The predicted molar refractivity (Wildman–Crippen MR) is 50.5 cm³/mol. The third-order valence-electron chi connectivity index (χ3n) is 1.97. The summed E-state index contributed by atoms with van der Waals surface area (Å²) >= 11 is 5.93. The first-order chi connectivity index (χ1) is 5.61. The van der Waals surface area contributed by atoms with Gasteiger partial charge in [-0.3, -0.25) is 0 Å². The molecule has 2 atom stereocenters. The zero-order valence-electron chi connectivity index (χ0n) is 7.58. The quantitative estimate of drug-likeness (QED) is 0.661. The van der Waals surface area contributed by atoms with Crippen molar-refractivity contribution in [3.8, 4) is 0 Å². The summed E-state index contributed by atoms with van der Waals surface area (Å²) in [4.78, 5) is 0. The van der Waals surface area contributed by atoms with E-state index in [1.54, 1.807) is 0 Å². The Balaban J connectivity index is 2.82. The Labute approximate surface area is 78.0 Å². The number of aryl methyl sites for hydroxylation is 1. The molecule has 0 radical (unpaired) electrons. The summed E-state index contributed by atoms with van der Waals surface area (Å²) in [5, 5.41) is 8.14. The van der Waals surface area contributed by atoms with Crippen molar-refractivity contribution >= 4 is 11.6 Å². The molecule has 12 heavy (non-hydrogen) atoms. The van der Waals surface area contributed by atoms with Crippen molar-refractivity contribution < 1.29 is 0 Å². The lowest BCUT2D eigenvalue weighted by molar-refractivity contribution is 0.694. The Morgan fingerprint density at radius 1 is 1.25 bits per heavy atom. The van der Waals surface area contributed by atoms with Crippen LogP contribution in [0.3, 0.4) is 0 Å². The number of hydrogen-bond donors (Lipinski definition) is 0. The summed E-state index contributed by atoms with van der Waals surface area (Å²) in [5.74, 6) is 0.264. The van der Waals surface area contributed by atoms with Crippen LogP contribution in [0.2, 0.25) is 0 Å². The molecule has 0 saturated carbocycles. The number of hydrogen-bond acceptors (Lipinski definition) is 2. The third kappa shape index (κ3) is 2.18. The molecule has 2 unspecified atom stereocenters. The topological polar surface area (TPSA) is 25.8 Å². The minimum atomic E-state index is 0.0991. The maximum atomic E-state index is 5.93. The first-order valence-electron chi connectivity index (χ1n) is 4.05. The SMILES string of the molecule is Cc1ccc(C(C)C(C)Cl)nn1. The molecule has 1 heterocycles. The van der Waals surface area contributed by atoms with E-state index in [1.165, 1.54) is 0 Å². The fourth-order valence-corrected chi connectivity index (χ4v) is 1.02. The Hall–Kier alpha value is -0.630. The molecule has 0 fully saturated rings. The average molecular weight is 185 g/mol. The van der Waals surface area contributed by atoms with E-state index in [0.29, 0.717) is 0 Å². The first kappa shape index (κ1) is 9.46. The van der Waals surface area contributed by atoms with E-state index in [1.807, 2.05) is 26.0 Å². The van der Waals surface area contributed by atoms with Crippen LogP contribution in [0, 0.1) is 6.92 Å². The highest BCUT2D eigenvalue weighted by Crippen LogP contribution is 2.20. The molecule has 66 valence electrons. The van der Waals surface area contributed by atoms with Crippen molar-refractivity contribution in [3.63, 3.8) is 0 Å². The monoisotopic (exact) mass is 184 g/mol. The lowest BCUT2D eigenvalue weighted by Crippen LogP contribution is -2.08. The smallest absolute Gasteiger partial charge is 0.0674 e. The number of nitrogens with zero attached hydrogens (tertiary/aromatic N) is 2. The van der Waals surface area contributed by atoms with Crippen LogP contribution in [-0.2, 0) is 0 Å². The second-order valence-corrected chi connectivity index (χ2v) is 3.75. The summed E-state index contributed by atoms with van der Waals surface area (Å²) in [5.41, 5.74) is 1.90. The van der Waals surface area contributed by atoms with Crippen molar-refractivity contribution in [1.29, 1.82) is 0 Å². The minimum Gasteiger partial charge on any atom is -0.156 e. The van der Waals surface area contributed by atoms with Crippen LogP contribution in [-0.4, -0.2) is 15.6 Å². The fourth-order valence-electron chi connectivity index (χ4n) is 0.887. The van der Waals surface area contributed by atoms with Gasteiger partial charge in [0.2, 0.25) is 0 Å². The van der Waals surface area contributed by atoms with Crippen LogP contribution >= 0.6 is 11.6 Å².